The Morgan fingerprint density at radius 2 is 2.05 bits per heavy atom. The van der Waals surface area contributed by atoms with Gasteiger partial charge in [-0.1, -0.05) is 25.1 Å². The standard InChI is InChI=1S/C14H19NO4S/c1-3-11-6-4-5-7-12(11)20(18,19)15-9-8-14(2,10-15)13(16)17/h4-7H,3,8-10H2,1-2H3,(H,16,17). The molecule has 1 saturated heterocycles. The van der Waals surface area contributed by atoms with Gasteiger partial charge in [0, 0.05) is 13.1 Å². The number of carboxylic acid groups (broad SMARTS) is 1. The van der Waals surface area contributed by atoms with Crippen LogP contribution in [0.4, 0.5) is 0 Å². The first-order valence-electron chi connectivity index (χ1n) is 6.63. The molecule has 1 aliphatic rings. The highest BCUT2D eigenvalue weighted by molar-refractivity contribution is 7.89. The van der Waals surface area contributed by atoms with Crippen LogP contribution in [0.5, 0.6) is 0 Å². The highest BCUT2D eigenvalue weighted by atomic mass is 32.2. The van der Waals surface area contributed by atoms with E-state index in [1.807, 2.05) is 13.0 Å². The van der Waals surface area contributed by atoms with E-state index in [1.54, 1.807) is 25.1 Å². The van der Waals surface area contributed by atoms with Crippen molar-refractivity contribution in [3.63, 3.8) is 0 Å². The van der Waals surface area contributed by atoms with Gasteiger partial charge in [-0.2, -0.15) is 4.31 Å². The summed E-state index contributed by atoms with van der Waals surface area (Å²) in [6, 6.07) is 6.88. The number of benzene rings is 1. The van der Waals surface area contributed by atoms with Crippen LogP contribution in [0, 0.1) is 5.41 Å². The highest BCUT2D eigenvalue weighted by Crippen LogP contribution is 2.34. The molecule has 1 fully saturated rings. The largest absolute Gasteiger partial charge is 0.481 e. The molecule has 1 unspecified atom stereocenters. The molecule has 0 amide bonds. The molecule has 0 radical (unpaired) electrons. The van der Waals surface area contributed by atoms with E-state index >= 15 is 0 Å². The maximum absolute atomic E-state index is 12.7. The second-order valence-electron chi connectivity index (χ2n) is 5.42. The molecule has 1 aromatic carbocycles. The number of carboxylic acids is 1. The Kier molecular flexibility index (Phi) is 3.88. The first kappa shape index (κ1) is 15.0. The molecule has 0 spiro atoms. The Bertz CT molecular complexity index is 626. The van der Waals surface area contributed by atoms with Gasteiger partial charge in [-0.15, -0.1) is 0 Å². The van der Waals surface area contributed by atoms with E-state index in [9.17, 15) is 18.3 Å². The van der Waals surface area contributed by atoms with Gasteiger partial charge >= 0.3 is 5.97 Å². The van der Waals surface area contributed by atoms with Crippen molar-refractivity contribution in [1.29, 1.82) is 0 Å². The minimum absolute atomic E-state index is 0.0305. The zero-order valence-electron chi connectivity index (χ0n) is 11.7. The van der Waals surface area contributed by atoms with Crippen LogP contribution in [0.2, 0.25) is 0 Å². The topological polar surface area (TPSA) is 74.7 Å². The number of hydrogen-bond acceptors (Lipinski definition) is 3. The van der Waals surface area contributed by atoms with Crippen LogP contribution in [0.25, 0.3) is 0 Å². The van der Waals surface area contributed by atoms with Crippen molar-refractivity contribution in [2.45, 2.75) is 31.6 Å². The average molecular weight is 297 g/mol. The first-order valence-corrected chi connectivity index (χ1v) is 8.07. The maximum Gasteiger partial charge on any atom is 0.310 e. The van der Waals surface area contributed by atoms with Crippen molar-refractivity contribution in [2.75, 3.05) is 13.1 Å². The lowest BCUT2D eigenvalue weighted by molar-refractivity contribution is -0.146. The number of nitrogens with zero attached hydrogens (tertiary/aromatic N) is 1. The molecule has 0 bridgehead atoms. The fourth-order valence-electron chi connectivity index (χ4n) is 2.49. The molecule has 1 N–H and O–H groups in total. The van der Waals surface area contributed by atoms with E-state index in [-0.39, 0.29) is 18.0 Å². The Morgan fingerprint density at radius 1 is 1.40 bits per heavy atom. The minimum atomic E-state index is -3.62. The molecule has 6 heteroatoms. The summed E-state index contributed by atoms with van der Waals surface area (Å²) in [4.78, 5) is 11.5. The van der Waals surface area contributed by atoms with Crippen LogP contribution in [0.15, 0.2) is 29.2 Å². The number of rotatable bonds is 4. The third-order valence-corrected chi connectivity index (χ3v) is 5.87. The molecule has 1 aliphatic heterocycles. The van der Waals surface area contributed by atoms with Gasteiger partial charge in [0.2, 0.25) is 10.0 Å². The quantitative estimate of drug-likeness (QED) is 0.918. The molecule has 1 heterocycles. The van der Waals surface area contributed by atoms with E-state index in [0.29, 0.717) is 12.8 Å². The summed E-state index contributed by atoms with van der Waals surface area (Å²) in [6.45, 7) is 3.78. The molecule has 0 aromatic heterocycles. The molecule has 0 aliphatic carbocycles. The Morgan fingerprint density at radius 3 is 2.60 bits per heavy atom. The van der Waals surface area contributed by atoms with Gasteiger partial charge in [0.25, 0.3) is 0 Å². The van der Waals surface area contributed by atoms with Crippen LogP contribution >= 0.6 is 0 Å². The van der Waals surface area contributed by atoms with Gasteiger partial charge in [0.1, 0.15) is 0 Å². The highest BCUT2D eigenvalue weighted by Gasteiger charge is 2.45. The molecule has 20 heavy (non-hydrogen) atoms. The molecule has 2 rings (SSSR count). The van der Waals surface area contributed by atoms with E-state index < -0.39 is 21.4 Å². The van der Waals surface area contributed by atoms with Crippen molar-refractivity contribution in [3.8, 4) is 0 Å². The van der Waals surface area contributed by atoms with E-state index in [0.717, 1.165) is 5.56 Å². The predicted octanol–water partition coefficient (Wildman–Crippen LogP) is 1.73. The zero-order chi connectivity index (χ0) is 15.0. The van der Waals surface area contributed by atoms with Gasteiger partial charge in [-0.25, -0.2) is 8.42 Å². The summed E-state index contributed by atoms with van der Waals surface area (Å²) in [5, 5.41) is 9.21. The van der Waals surface area contributed by atoms with Crippen molar-refractivity contribution in [3.05, 3.63) is 29.8 Å². The molecular weight excluding hydrogens is 278 g/mol. The van der Waals surface area contributed by atoms with Crippen molar-refractivity contribution < 1.29 is 18.3 Å². The Balaban J connectivity index is 2.36. The van der Waals surface area contributed by atoms with Gasteiger partial charge in [0.05, 0.1) is 10.3 Å². The van der Waals surface area contributed by atoms with Crippen molar-refractivity contribution in [2.24, 2.45) is 5.41 Å². The lowest BCUT2D eigenvalue weighted by Crippen LogP contribution is -2.35. The minimum Gasteiger partial charge on any atom is -0.481 e. The van der Waals surface area contributed by atoms with Crippen LogP contribution in [0.1, 0.15) is 25.8 Å². The summed E-state index contributed by atoms with van der Waals surface area (Å²) in [6.07, 6.45) is 0.968. The molecule has 110 valence electrons. The normalized spacial score (nSPS) is 23.9. The van der Waals surface area contributed by atoms with E-state index in [2.05, 4.69) is 0 Å². The average Bonchev–Trinajstić information content (AvgIpc) is 2.83. The zero-order valence-corrected chi connectivity index (χ0v) is 12.5. The van der Waals surface area contributed by atoms with Gasteiger partial charge in [-0.3, -0.25) is 4.79 Å². The number of aryl methyl sites for hydroxylation is 1. The number of aliphatic carboxylic acids is 1. The fraction of sp³-hybridized carbons (Fsp3) is 0.500. The second kappa shape index (κ2) is 5.18. The molecule has 1 aromatic rings. The van der Waals surface area contributed by atoms with Crippen LogP contribution in [0.3, 0.4) is 0 Å². The monoisotopic (exact) mass is 297 g/mol. The summed E-state index contributed by atoms with van der Waals surface area (Å²) in [5.74, 6) is -0.945. The third kappa shape index (κ3) is 2.45. The third-order valence-electron chi connectivity index (χ3n) is 3.93. The van der Waals surface area contributed by atoms with E-state index in [4.69, 9.17) is 0 Å². The number of sulfonamides is 1. The predicted molar refractivity (Wildman–Crippen MR) is 74.9 cm³/mol. The SMILES string of the molecule is CCc1ccccc1S(=O)(=O)N1CCC(C)(C(=O)O)C1. The van der Waals surface area contributed by atoms with Gasteiger partial charge < -0.3 is 5.11 Å². The summed E-state index contributed by atoms with van der Waals surface area (Å²) in [5.41, 5.74) is -0.231. The Labute approximate surface area is 119 Å². The maximum atomic E-state index is 12.7. The van der Waals surface area contributed by atoms with Crippen LogP contribution in [-0.4, -0.2) is 36.9 Å². The van der Waals surface area contributed by atoms with Crippen LogP contribution in [-0.2, 0) is 21.2 Å². The van der Waals surface area contributed by atoms with E-state index in [1.165, 1.54) is 4.31 Å². The number of carbonyl (C=O) groups is 1. The smallest absolute Gasteiger partial charge is 0.310 e. The summed E-state index contributed by atoms with van der Waals surface area (Å²) < 4.78 is 26.6. The lowest BCUT2D eigenvalue weighted by atomic mass is 9.90. The molecule has 5 nitrogen and oxygen atoms in total. The van der Waals surface area contributed by atoms with Crippen LogP contribution < -0.4 is 0 Å². The van der Waals surface area contributed by atoms with Gasteiger partial charge in [0.15, 0.2) is 0 Å². The summed E-state index contributed by atoms with van der Waals surface area (Å²) in [7, 11) is -3.62. The first-order chi connectivity index (χ1) is 9.31. The molecule has 1 atom stereocenters. The molecular formula is C14H19NO4S. The lowest BCUT2D eigenvalue weighted by Gasteiger charge is -2.21. The number of hydrogen-bond donors (Lipinski definition) is 1. The molecule has 0 saturated carbocycles. The summed E-state index contributed by atoms with van der Waals surface area (Å²) >= 11 is 0. The van der Waals surface area contributed by atoms with Gasteiger partial charge in [-0.05, 0) is 31.4 Å². The van der Waals surface area contributed by atoms with Crippen molar-refractivity contribution in [1.82, 2.24) is 4.31 Å². The second-order valence-corrected chi connectivity index (χ2v) is 7.32. The van der Waals surface area contributed by atoms with Crippen molar-refractivity contribution >= 4 is 16.0 Å². The fourth-order valence-corrected chi connectivity index (χ4v) is 4.34. The Hall–Kier alpha value is -1.40.